The van der Waals surface area contributed by atoms with E-state index in [4.69, 9.17) is 4.74 Å². The Morgan fingerprint density at radius 1 is 1.06 bits per heavy atom. The van der Waals surface area contributed by atoms with Crippen LogP contribution >= 0.6 is 0 Å². The minimum absolute atomic E-state index is 0.124. The van der Waals surface area contributed by atoms with Crippen molar-refractivity contribution in [2.45, 2.75) is 13.8 Å². The van der Waals surface area contributed by atoms with Crippen LogP contribution in [0.15, 0.2) is 71.8 Å². The normalized spacial score (nSPS) is 11.2. The molecule has 31 heavy (non-hydrogen) atoms. The van der Waals surface area contributed by atoms with Gasteiger partial charge in [-0.1, -0.05) is 36.4 Å². The van der Waals surface area contributed by atoms with Crippen LogP contribution in [0.4, 0.5) is 0 Å². The summed E-state index contributed by atoms with van der Waals surface area (Å²) in [5.41, 5.74) is 6.66. The number of aromatic hydroxyl groups is 1. The Morgan fingerprint density at radius 3 is 2.61 bits per heavy atom. The molecule has 2 N–H and O–H groups in total. The highest BCUT2D eigenvalue weighted by molar-refractivity contribution is 5.97. The Balaban J connectivity index is 1.59. The molecule has 1 heterocycles. The minimum atomic E-state index is -0.501. The number of rotatable bonds is 5. The third-order valence-corrected chi connectivity index (χ3v) is 5.30. The van der Waals surface area contributed by atoms with E-state index in [1.165, 1.54) is 30.0 Å². The van der Waals surface area contributed by atoms with Gasteiger partial charge in [0.05, 0.1) is 24.6 Å². The summed E-state index contributed by atoms with van der Waals surface area (Å²) >= 11 is 0. The fourth-order valence-electron chi connectivity index (χ4n) is 3.74. The van der Waals surface area contributed by atoms with E-state index in [1.54, 1.807) is 12.3 Å². The van der Waals surface area contributed by atoms with E-state index in [0.29, 0.717) is 5.75 Å². The number of aromatic nitrogens is 1. The number of nitrogens with zero attached hydrogens (tertiary/aromatic N) is 2. The van der Waals surface area contributed by atoms with Gasteiger partial charge in [-0.05, 0) is 43.5 Å². The Bertz CT molecular complexity index is 1300. The molecule has 0 aliphatic heterocycles. The van der Waals surface area contributed by atoms with Gasteiger partial charge >= 0.3 is 0 Å². The molecule has 0 saturated carbocycles. The van der Waals surface area contributed by atoms with Gasteiger partial charge in [-0.3, -0.25) is 4.79 Å². The summed E-state index contributed by atoms with van der Waals surface area (Å²) in [5, 5.41) is 16.4. The fraction of sp³-hybridized carbons (Fsp3) is 0.120. The quantitative estimate of drug-likeness (QED) is 0.367. The van der Waals surface area contributed by atoms with Gasteiger partial charge in [0.25, 0.3) is 5.91 Å². The zero-order chi connectivity index (χ0) is 22.0. The van der Waals surface area contributed by atoms with Gasteiger partial charge in [-0.25, -0.2) is 5.43 Å². The van der Waals surface area contributed by atoms with E-state index in [2.05, 4.69) is 39.4 Å². The average Bonchev–Trinajstić information content (AvgIpc) is 3.06. The first-order chi connectivity index (χ1) is 15.0. The van der Waals surface area contributed by atoms with Gasteiger partial charge in [0.2, 0.25) is 0 Å². The summed E-state index contributed by atoms with van der Waals surface area (Å²) in [6.45, 7) is 4.06. The SMILES string of the molecule is COc1ccc(C(=O)N/N=C\c2cc(C)n(-c3cccc4ccccc34)c2C)c(O)c1. The van der Waals surface area contributed by atoms with E-state index in [0.717, 1.165) is 22.6 Å². The molecule has 0 spiro atoms. The van der Waals surface area contributed by atoms with Crippen LogP contribution in [0.5, 0.6) is 11.5 Å². The van der Waals surface area contributed by atoms with E-state index in [-0.39, 0.29) is 11.3 Å². The lowest BCUT2D eigenvalue weighted by Gasteiger charge is -2.13. The number of carbonyl (C=O) groups excluding carboxylic acids is 1. The number of aryl methyl sites for hydroxylation is 1. The summed E-state index contributed by atoms with van der Waals surface area (Å²) in [5.74, 6) is -0.195. The van der Waals surface area contributed by atoms with Crippen LogP contribution in [0.2, 0.25) is 0 Å². The number of fused-ring (bicyclic) bond motifs is 1. The second-order valence-corrected chi connectivity index (χ2v) is 7.24. The average molecular weight is 413 g/mol. The molecular weight excluding hydrogens is 390 g/mol. The highest BCUT2D eigenvalue weighted by Crippen LogP contribution is 2.27. The second kappa shape index (κ2) is 8.36. The number of nitrogens with one attached hydrogen (secondary N) is 1. The molecule has 0 bridgehead atoms. The van der Waals surface area contributed by atoms with Crippen molar-refractivity contribution in [1.82, 2.24) is 9.99 Å². The van der Waals surface area contributed by atoms with Crippen molar-refractivity contribution >= 4 is 22.9 Å². The lowest BCUT2D eigenvalue weighted by Crippen LogP contribution is -2.17. The number of hydrogen-bond donors (Lipinski definition) is 2. The maximum absolute atomic E-state index is 12.3. The predicted octanol–water partition coefficient (Wildman–Crippen LogP) is 4.73. The van der Waals surface area contributed by atoms with E-state index >= 15 is 0 Å². The van der Waals surface area contributed by atoms with Crippen molar-refractivity contribution in [2.75, 3.05) is 7.11 Å². The molecule has 0 aliphatic carbocycles. The third-order valence-electron chi connectivity index (χ3n) is 5.30. The molecule has 6 heteroatoms. The van der Waals surface area contributed by atoms with Crippen molar-refractivity contribution in [3.8, 4) is 17.2 Å². The van der Waals surface area contributed by atoms with Crippen molar-refractivity contribution in [1.29, 1.82) is 0 Å². The van der Waals surface area contributed by atoms with E-state index in [1.807, 2.05) is 38.1 Å². The Labute approximate surface area is 180 Å². The van der Waals surface area contributed by atoms with E-state index < -0.39 is 5.91 Å². The van der Waals surface area contributed by atoms with Crippen LogP contribution in [-0.2, 0) is 0 Å². The molecule has 6 nitrogen and oxygen atoms in total. The van der Waals surface area contributed by atoms with Crippen molar-refractivity contribution < 1.29 is 14.6 Å². The highest BCUT2D eigenvalue weighted by atomic mass is 16.5. The molecule has 4 aromatic rings. The standard InChI is InChI=1S/C25H23N3O3/c1-16-13-19(15-26-27-25(30)22-12-11-20(31-3)14-24(22)29)17(2)28(16)23-10-6-8-18-7-4-5-9-21(18)23/h4-15,29H,1-3H3,(H,27,30)/b26-15-. The topological polar surface area (TPSA) is 75.8 Å². The number of ether oxygens (including phenoxy) is 1. The first kappa shape index (κ1) is 20.2. The molecular formula is C25H23N3O3. The molecule has 1 amide bonds. The molecule has 0 fully saturated rings. The number of phenolic OH excluding ortho intramolecular Hbond substituents is 1. The number of hydrogen-bond acceptors (Lipinski definition) is 4. The number of amides is 1. The second-order valence-electron chi connectivity index (χ2n) is 7.24. The van der Waals surface area contributed by atoms with Gasteiger partial charge in [0.1, 0.15) is 11.5 Å². The minimum Gasteiger partial charge on any atom is -0.507 e. The monoisotopic (exact) mass is 413 g/mol. The predicted molar refractivity (Wildman–Crippen MR) is 122 cm³/mol. The van der Waals surface area contributed by atoms with Crippen LogP contribution in [-0.4, -0.2) is 28.9 Å². The van der Waals surface area contributed by atoms with Crippen molar-refractivity contribution in [3.05, 3.63) is 89.2 Å². The molecule has 156 valence electrons. The first-order valence-corrected chi connectivity index (χ1v) is 9.87. The van der Waals surface area contributed by atoms with Crippen LogP contribution in [0, 0.1) is 13.8 Å². The smallest absolute Gasteiger partial charge is 0.275 e. The fourth-order valence-corrected chi connectivity index (χ4v) is 3.74. The van der Waals surface area contributed by atoms with Crippen LogP contribution < -0.4 is 10.2 Å². The van der Waals surface area contributed by atoms with Crippen LogP contribution in [0.1, 0.15) is 27.3 Å². The number of carbonyl (C=O) groups is 1. The zero-order valence-corrected chi connectivity index (χ0v) is 17.6. The lowest BCUT2D eigenvalue weighted by atomic mass is 10.1. The summed E-state index contributed by atoms with van der Waals surface area (Å²) in [4.78, 5) is 12.3. The van der Waals surface area contributed by atoms with Crippen molar-refractivity contribution in [2.24, 2.45) is 5.10 Å². The Hall–Kier alpha value is -4.06. The van der Waals surface area contributed by atoms with Crippen LogP contribution in [0.25, 0.3) is 16.5 Å². The van der Waals surface area contributed by atoms with E-state index in [9.17, 15) is 9.90 Å². The van der Waals surface area contributed by atoms with Gasteiger partial charge in [0.15, 0.2) is 0 Å². The number of benzene rings is 3. The summed E-state index contributed by atoms with van der Waals surface area (Å²) < 4.78 is 7.22. The molecule has 0 aliphatic rings. The molecule has 1 aromatic heterocycles. The molecule has 0 atom stereocenters. The van der Waals surface area contributed by atoms with Gasteiger partial charge in [-0.2, -0.15) is 5.10 Å². The van der Waals surface area contributed by atoms with Gasteiger partial charge < -0.3 is 14.4 Å². The lowest BCUT2D eigenvalue weighted by molar-refractivity contribution is 0.0952. The summed E-state index contributed by atoms with van der Waals surface area (Å²) in [7, 11) is 1.49. The highest BCUT2D eigenvalue weighted by Gasteiger charge is 2.13. The zero-order valence-electron chi connectivity index (χ0n) is 17.6. The number of phenols is 1. The maximum atomic E-state index is 12.3. The number of methoxy groups -OCH3 is 1. The Kier molecular flexibility index (Phi) is 5.45. The number of hydrazone groups is 1. The van der Waals surface area contributed by atoms with Gasteiger partial charge in [0, 0.05) is 28.4 Å². The maximum Gasteiger partial charge on any atom is 0.275 e. The third kappa shape index (κ3) is 3.88. The van der Waals surface area contributed by atoms with Gasteiger partial charge in [-0.15, -0.1) is 0 Å². The first-order valence-electron chi connectivity index (χ1n) is 9.87. The molecule has 3 aromatic carbocycles. The van der Waals surface area contributed by atoms with Crippen LogP contribution in [0.3, 0.4) is 0 Å². The molecule has 4 rings (SSSR count). The largest absolute Gasteiger partial charge is 0.507 e. The van der Waals surface area contributed by atoms with Crippen molar-refractivity contribution in [3.63, 3.8) is 0 Å². The summed E-state index contributed by atoms with van der Waals surface area (Å²) in [6, 6.07) is 21.0. The molecule has 0 unspecified atom stereocenters. The molecule has 0 saturated heterocycles. The Morgan fingerprint density at radius 2 is 1.84 bits per heavy atom. The molecule has 0 radical (unpaired) electrons. The summed E-state index contributed by atoms with van der Waals surface area (Å²) in [6.07, 6.45) is 1.61.